The number of nitrogens with one attached hydrogen (secondary N) is 1. The van der Waals surface area contributed by atoms with E-state index in [9.17, 15) is 4.39 Å². The standard InChI is InChI=1S/C14H16FN3/c1-3-12-9-13(16-4-2)18-14(17-12)10-6-5-7-11(15)8-10/h5-9H,3-4H2,1-2H3,(H,16,17,18). The van der Waals surface area contributed by atoms with Crippen LogP contribution < -0.4 is 5.32 Å². The van der Waals surface area contributed by atoms with Gasteiger partial charge in [0.1, 0.15) is 11.6 Å². The zero-order chi connectivity index (χ0) is 13.0. The Morgan fingerprint density at radius 2 is 2.00 bits per heavy atom. The van der Waals surface area contributed by atoms with Gasteiger partial charge >= 0.3 is 0 Å². The molecule has 1 heterocycles. The summed E-state index contributed by atoms with van der Waals surface area (Å²) in [6.07, 6.45) is 0.823. The summed E-state index contributed by atoms with van der Waals surface area (Å²) in [5, 5.41) is 3.16. The number of aryl methyl sites for hydroxylation is 1. The van der Waals surface area contributed by atoms with Crippen LogP contribution in [-0.2, 0) is 6.42 Å². The fraction of sp³-hybridized carbons (Fsp3) is 0.286. The molecule has 0 fully saturated rings. The van der Waals surface area contributed by atoms with Gasteiger partial charge in [-0.2, -0.15) is 0 Å². The summed E-state index contributed by atoms with van der Waals surface area (Å²) in [5.41, 5.74) is 1.64. The molecule has 0 aliphatic carbocycles. The molecular weight excluding hydrogens is 229 g/mol. The van der Waals surface area contributed by atoms with E-state index in [1.807, 2.05) is 26.0 Å². The second-order valence-electron chi connectivity index (χ2n) is 3.96. The van der Waals surface area contributed by atoms with Crippen LogP contribution in [-0.4, -0.2) is 16.5 Å². The number of aromatic nitrogens is 2. The van der Waals surface area contributed by atoms with E-state index in [1.165, 1.54) is 12.1 Å². The highest BCUT2D eigenvalue weighted by Gasteiger charge is 2.06. The third kappa shape index (κ3) is 2.83. The summed E-state index contributed by atoms with van der Waals surface area (Å²) in [4.78, 5) is 8.82. The molecule has 18 heavy (non-hydrogen) atoms. The highest BCUT2D eigenvalue weighted by molar-refractivity contribution is 5.57. The molecule has 94 valence electrons. The SMILES string of the molecule is CCNc1cc(CC)nc(-c2cccc(F)c2)n1. The first kappa shape index (κ1) is 12.5. The van der Waals surface area contributed by atoms with Gasteiger partial charge in [0.15, 0.2) is 5.82 Å². The maximum Gasteiger partial charge on any atom is 0.161 e. The van der Waals surface area contributed by atoms with Crippen molar-refractivity contribution in [2.45, 2.75) is 20.3 Å². The van der Waals surface area contributed by atoms with Gasteiger partial charge in [0.05, 0.1) is 0 Å². The molecule has 0 spiro atoms. The lowest BCUT2D eigenvalue weighted by Gasteiger charge is -2.08. The van der Waals surface area contributed by atoms with Gasteiger partial charge in [-0.1, -0.05) is 19.1 Å². The van der Waals surface area contributed by atoms with Gasteiger partial charge in [0.25, 0.3) is 0 Å². The van der Waals surface area contributed by atoms with E-state index in [2.05, 4.69) is 15.3 Å². The Hall–Kier alpha value is -1.97. The first-order valence-electron chi connectivity index (χ1n) is 6.10. The van der Waals surface area contributed by atoms with Crippen molar-refractivity contribution >= 4 is 5.82 Å². The molecule has 0 saturated carbocycles. The normalized spacial score (nSPS) is 10.4. The van der Waals surface area contributed by atoms with Crippen LogP contribution >= 0.6 is 0 Å². The average molecular weight is 245 g/mol. The summed E-state index contributed by atoms with van der Waals surface area (Å²) in [5.74, 6) is 1.07. The van der Waals surface area contributed by atoms with Crippen LogP contribution in [0.5, 0.6) is 0 Å². The van der Waals surface area contributed by atoms with Gasteiger partial charge in [-0.05, 0) is 25.5 Å². The van der Waals surface area contributed by atoms with Gasteiger partial charge in [-0.15, -0.1) is 0 Å². The van der Waals surface area contributed by atoms with E-state index < -0.39 is 0 Å². The largest absolute Gasteiger partial charge is 0.370 e. The lowest BCUT2D eigenvalue weighted by Crippen LogP contribution is -2.03. The van der Waals surface area contributed by atoms with Crippen LogP contribution in [0.1, 0.15) is 19.5 Å². The summed E-state index contributed by atoms with van der Waals surface area (Å²) in [6.45, 7) is 4.84. The molecule has 4 heteroatoms. The fourth-order valence-corrected chi connectivity index (χ4v) is 1.71. The first-order chi connectivity index (χ1) is 8.72. The van der Waals surface area contributed by atoms with Crippen molar-refractivity contribution in [3.05, 3.63) is 41.8 Å². The van der Waals surface area contributed by atoms with E-state index in [4.69, 9.17) is 0 Å². The molecule has 0 unspecified atom stereocenters. The third-order valence-corrected chi connectivity index (χ3v) is 2.58. The Morgan fingerprint density at radius 3 is 2.67 bits per heavy atom. The van der Waals surface area contributed by atoms with Crippen LogP contribution in [0.15, 0.2) is 30.3 Å². The molecule has 0 saturated heterocycles. The quantitative estimate of drug-likeness (QED) is 0.898. The number of hydrogen-bond donors (Lipinski definition) is 1. The predicted molar refractivity (Wildman–Crippen MR) is 71.0 cm³/mol. The van der Waals surface area contributed by atoms with Crippen molar-refractivity contribution in [1.29, 1.82) is 0 Å². The molecule has 0 aliphatic heterocycles. The molecule has 1 aromatic heterocycles. The lowest BCUT2D eigenvalue weighted by molar-refractivity contribution is 0.628. The van der Waals surface area contributed by atoms with Crippen LogP contribution in [0, 0.1) is 5.82 Å². The van der Waals surface area contributed by atoms with Crippen LogP contribution in [0.3, 0.4) is 0 Å². The maximum absolute atomic E-state index is 13.2. The highest BCUT2D eigenvalue weighted by atomic mass is 19.1. The Bertz CT molecular complexity index is 540. The van der Waals surface area contributed by atoms with E-state index in [1.54, 1.807) is 6.07 Å². The number of nitrogens with zero attached hydrogens (tertiary/aromatic N) is 2. The molecule has 0 atom stereocenters. The Morgan fingerprint density at radius 1 is 1.17 bits per heavy atom. The smallest absolute Gasteiger partial charge is 0.161 e. The minimum Gasteiger partial charge on any atom is -0.370 e. The molecule has 1 N–H and O–H groups in total. The molecule has 0 radical (unpaired) electrons. The Kier molecular flexibility index (Phi) is 3.87. The van der Waals surface area contributed by atoms with Gasteiger partial charge in [0.2, 0.25) is 0 Å². The minimum atomic E-state index is -0.275. The Labute approximate surface area is 106 Å². The molecule has 1 aromatic carbocycles. The van der Waals surface area contributed by atoms with Crippen LogP contribution in [0.2, 0.25) is 0 Å². The molecule has 0 aliphatic rings. The van der Waals surface area contributed by atoms with Crippen LogP contribution in [0.4, 0.5) is 10.2 Å². The van der Waals surface area contributed by atoms with E-state index in [-0.39, 0.29) is 5.82 Å². The zero-order valence-electron chi connectivity index (χ0n) is 10.6. The molecule has 2 rings (SSSR count). The summed E-state index contributed by atoms with van der Waals surface area (Å²) < 4.78 is 13.2. The first-order valence-corrected chi connectivity index (χ1v) is 6.10. The maximum atomic E-state index is 13.2. The van der Waals surface area contributed by atoms with Crippen molar-refractivity contribution in [3.63, 3.8) is 0 Å². The van der Waals surface area contributed by atoms with E-state index >= 15 is 0 Å². The number of benzene rings is 1. The molecular formula is C14H16FN3. The van der Waals surface area contributed by atoms with Gasteiger partial charge in [-0.3, -0.25) is 0 Å². The molecule has 3 nitrogen and oxygen atoms in total. The Balaban J connectivity index is 2.46. The lowest BCUT2D eigenvalue weighted by atomic mass is 10.2. The van der Waals surface area contributed by atoms with Gasteiger partial charge in [-0.25, -0.2) is 14.4 Å². The number of halogens is 1. The fourth-order valence-electron chi connectivity index (χ4n) is 1.71. The number of hydrogen-bond acceptors (Lipinski definition) is 3. The van der Waals surface area contributed by atoms with Crippen molar-refractivity contribution in [2.24, 2.45) is 0 Å². The molecule has 0 amide bonds. The van der Waals surface area contributed by atoms with Crippen molar-refractivity contribution in [2.75, 3.05) is 11.9 Å². The van der Waals surface area contributed by atoms with Crippen molar-refractivity contribution in [3.8, 4) is 11.4 Å². The highest BCUT2D eigenvalue weighted by Crippen LogP contribution is 2.19. The van der Waals surface area contributed by atoms with Crippen molar-refractivity contribution in [1.82, 2.24) is 9.97 Å². The van der Waals surface area contributed by atoms with E-state index in [0.29, 0.717) is 11.4 Å². The summed E-state index contributed by atoms with van der Waals surface area (Å²) in [6, 6.07) is 8.27. The molecule has 2 aromatic rings. The van der Waals surface area contributed by atoms with Crippen LogP contribution in [0.25, 0.3) is 11.4 Å². The predicted octanol–water partition coefficient (Wildman–Crippen LogP) is 3.28. The average Bonchev–Trinajstić information content (AvgIpc) is 2.39. The number of anilines is 1. The van der Waals surface area contributed by atoms with Gasteiger partial charge < -0.3 is 5.32 Å². The van der Waals surface area contributed by atoms with Gasteiger partial charge in [0, 0.05) is 23.9 Å². The molecule has 0 bridgehead atoms. The summed E-state index contributed by atoms with van der Waals surface area (Å²) in [7, 11) is 0. The van der Waals surface area contributed by atoms with E-state index in [0.717, 1.165) is 24.5 Å². The monoisotopic (exact) mass is 245 g/mol. The minimum absolute atomic E-state index is 0.275. The number of rotatable bonds is 4. The zero-order valence-corrected chi connectivity index (χ0v) is 10.6. The topological polar surface area (TPSA) is 37.8 Å². The second-order valence-corrected chi connectivity index (χ2v) is 3.96. The van der Waals surface area contributed by atoms with Crippen molar-refractivity contribution < 1.29 is 4.39 Å². The second kappa shape index (κ2) is 5.58. The summed E-state index contributed by atoms with van der Waals surface area (Å²) >= 11 is 0. The third-order valence-electron chi connectivity index (χ3n) is 2.58.